The molecule has 0 unspecified atom stereocenters. The summed E-state index contributed by atoms with van der Waals surface area (Å²) >= 11 is 6.60. The Morgan fingerprint density at radius 1 is 1.25 bits per heavy atom. The highest BCUT2D eigenvalue weighted by molar-refractivity contribution is 7.80. The van der Waals surface area contributed by atoms with Crippen LogP contribution in [-0.4, -0.2) is 29.4 Å². The first-order valence-electron chi connectivity index (χ1n) is 6.25. The maximum Gasteiger partial charge on any atom is 0.253 e. The predicted molar refractivity (Wildman–Crippen MR) is 87.3 cm³/mol. The van der Waals surface area contributed by atoms with Crippen molar-refractivity contribution >= 4 is 34.5 Å². The Bertz CT molecular complexity index is 591. The molecule has 5 heteroatoms. The second kappa shape index (κ2) is 6.63. The van der Waals surface area contributed by atoms with Crippen molar-refractivity contribution in [2.24, 2.45) is 5.73 Å². The second-order valence-electron chi connectivity index (χ2n) is 4.50. The molecule has 0 fully saturated rings. The number of nitrogens with two attached hydrogens (primary N) is 1. The fourth-order valence-electron chi connectivity index (χ4n) is 1.83. The van der Waals surface area contributed by atoms with Gasteiger partial charge < -0.3 is 10.6 Å². The van der Waals surface area contributed by atoms with E-state index in [-0.39, 0.29) is 5.91 Å². The molecular weight excluding hydrogens is 288 g/mol. The Morgan fingerprint density at radius 3 is 2.45 bits per heavy atom. The molecule has 0 radical (unpaired) electrons. The van der Waals surface area contributed by atoms with E-state index in [0.717, 1.165) is 12.0 Å². The summed E-state index contributed by atoms with van der Waals surface area (Å²) in [6.45, 7) is 0.705. The van der Waals surface area contributed by atoms with Crippen molar-refractivity contribution < 1.29 is 4.79 Å². The van der Waals surface area contributed by atoms with Crippen LogP contribution in [0.25, 0.3) is 0 Å². The number of nitrogens with zero attached hydrogens (tertiary/aromatic N) is 1. The number of hydrogen-bond acceptors (Lipinski definition) is 3. The van der Waals surface area contributed by atoms with E-state index in [9.17, 15) is 4.79 Å². The van der Waals surface area contributed by atoms with Gasteiger partial charge >= 0.3 is 0 Å². The van der Waals surface area contributed by atoms with E-state index in [1.54, 1.807) is 40.5 Å². The highest BCUT2D eigenvalue weighted by Crippen LogP contribution is 2.11. The highest BCUT2D eigenvalue weighted by atomic mass is 32.1. The van der Waals surface area contributed by atoms with Crippen molar-refractivity contribution in [1.82, 2.24) is 4.90 Å². The lowest BCUT2D eigenvalue weighted by atomic mass is 10.1. The molecule has 1 amide bonds. The molecule has 2 rings (SSSR count). The first-order valence-corrected chi connectivity index (χ1v) is 7.54. The van der Waals surface area contributed by atoms with Gasteiger partial charge in [-0.3, -0.25) is 4.79 Å². The number of thiophene rings is 1. The highest BCUT2D eigenvalue weighted by Gasteiger charge is 2.11. The molecule has 2 N–H and O–H groups in total. The topological polar surface area (TPSA) is 46.3 Å². The molecule has 3 nitrogen and oxygen atoms in total. The maximum atomic E-state index is 12.3. The average molecular weight is 304 g/mol. The Hall–Kier alpha value is -1.72. The molecule has 0 bridgehead atoms. The van der Waals surface area contributed by atoms with Crippen LogP contribution < -0.4 is 5.73 Å². The molecule has 20 heavy (non-hydrogen) atoms. The van der Waals surface area contributed by atoms with E-state index in [0.29, 0.717) is 17.1 Å². The third-order valence-electron chi connectivity index (χ3n) is 3.04. The molecule has 0 spiro atoms. The standard InChI is InChI=1S/C15H16N2OS2/c1-17(9-8-13-3-2-10-20-13)15(18)12-6-4-11(5-7-12)14(16)19/h2-7,10H,8-9H2,1H3,(H2,16,19). The Balaban J connectivity index is 1.97. The van der Waals surface area contributed by atoms with Gasteiger partial charge in [0.05, 0.1) is 0 Å². The number of amides is 1. The van der Waals surface area contributed by atoms with Crippen molar-refractivity contribution in [2.75, 3.05) is 13.6 Å². The molecule has 1 heterocycles. The monoisotopic (exact) mass is 304 g/mol. The van der Waals surface area contributed by atoms with Gasteiger partial charge in [-0.2, -0.15) is 0 Å². The number of hydrogen-bond donors (Lipinski definition) is 1. The molecule has 0 saturated carbocycles. The van der Waals surface area contributed by atoms with E-state index < -0.39 is 0 Å². The van der Waals surface area contributed by atoms with E-state index in [2.05, 4.69) is 6.07 Å². The van der Waals surface area contributed by atoms with Crippen LogP contribution in [0.1, 0.15) is 20.8 Å². The van der Waals surface area contributed by atoms with Crippen LogP contribution in [0.3, 0.4) is 0 Å². The summed E-state index contributed by atoms with van der Waals surface area (Å²) in [6.07, 6.45) is 0.880. The summed E-state index contributed by atoms with van der Waals surface area (Å²) in [4.78, 5) is 15.6. The zero-order chi connectivity index (χ0) is 14.5. The first-order chi connectivity index (χ1) is 9.58. The quantitative estimate of drug-likeness (QED) is 0.864. The van der Waals surface area contributed by atoms with E-state index in [1.165, 1.54) is 4.88 Å². The summed E-state index contributed by atoms with van der Waals surface area (Å²) in [6, 6.07) is 11.2. The summed E-state index contributed by atoms with van der Waals surface area (Å²) in [7, 11) is 1.82. The molecule has 1 aromatic heterocycles. The molecule has 1 aromatic carbocycles. The first kappa shape index (κ1) is 14.7. The molecule has 0 aliphatic heterocycles. The number of benzene rings is 1. The summed E-state index contributed by atoms with van der Waals surface area (Å²) in [5.41, 5.74) is 6.97. The smallest absolute Gasteiger partial charge is 0.253 e. The molecule has 0 atom stereocenters. The molecule has 2 aromatic rings. The Labute approximate surface area is 128 Å². The fourth-order valence-corrected chi connectivity index (χ4v) is 2.67. The van der Waals surface area contributed by atoms with Gasteiger partial charge in [-0.15, -0.1) is 11.3 Å². The van der Waals surface area contributed by atoms with Crippen molar-refractivity contribution in [2.45, 2.75) is 6.42 Å². The van der Waals surface area contributed by atoms with Gasteiger partial charge in [0.2, 0.25) is 0 Å². The molecule has 0 aliphatic carbocycles. The third kappa shape index (κ3) is 3.65. The lowest BCUT2D eigenvalue weighted by molar-refractivity contribution is 0.0797. The van der Waals surface area contributed by atoms with Crippen LogP contribution in [-0.2, 0) is 6.42 Å². The van der Waals surface area contributed by atoms with Crippen LogP contribution in [0.4, 0.5) is 0 Å². The Kier molecular flexibility index (Phi) is 4.87. The van der Waals surface area contributed by atoms with E-state index in [1.807, 2.05) is 18.5 Å². The molecule has 0 aliphatic rings. The second-order valence-corrected chi connectivity index (χ2v) is 5.97. The number of rotatable bonds is 5. The normalized spacial score (nSPS) is 10.2. The van der Waals surface area contributed by atoms with Gasteiger partial charge in [0, 0.05) is 29.6 Å². The van der Waals surface area contributed by atoms with E-state index >= 15 is 0 Å². The van der Waals surface area contributed by atoms with Gasteiger partial charge in [-0.25, -0.2) is 0 Å². The minimum atomic E-state index is 0.0102. The minimum absolute atomic E-state index is 0.0102. The summed E-state index contributed by atoms with van der Waals surface area (Å²) < 4.78 is 0. The molecule has 104 valence electrons. The fraction of sp³-hybridized carbons (Fsp3) is 0.200. The van der Waals surface area contributed by atoms with Crippen molar-refractivity contribution in [3.05, 3.63) is 57.8 Å². The lowest BCUT2D eigenvalue weighted by Crippen LogP contribution is -2.28. The zero-order valence-corrected chi connectivity index (χ0v) is 12.8. The molecule has 0 saturated heterocycles. The number of carbonyl (C=O) groups is 1. The van der Waals surface area contributed by atoms with Crippen LogP contribution in [0.5, 0.6) is 0 Å². The van der Waals surface area contributed by atoms with Crippen molar-refractivity contribution in [3.8, 4) is 0 Å². The largest absolute Gasteiger partial charge is 0.389 e. The van der Waals surface area contributed by atoms with Gasteiger partial charge in [0.15, 0.2) is 0 Å². The summed E-state index contributed by atoms with van der Waals surface area (Å²) in [5.74, 6) is 0.0102. The predicted octanol–water partition coefficient (Wildman–Crippen LogP) is 2.70. The summed E-state index contributed by atoms with van der Waals surface area (Å²) in [5, 5.41) is 2.05. The van der Waals surface area contributed by atoms with Gasteiger partial charge in [-0.05, 0) is 30.0 Å². The van der Waals surface area contributed by atoms with Crippen molar-refractivity contribution in [3.63, 3.8) is 0 Å². The number of thiocarbonyl (C=S) groups is 1. The third-order valence-corrected chi connectivity index (χ3v) is 4.21. The van der Waals surface area contributed by atoms with E-state index in [4.69, 9.17) is 18.0 Å². The van der Waals surface area contributed by atoms with Gasteiger partial charge in [0.1, 0.15) is 4.99 Å². The zero-order valence-electron chi connectivity index (χ0n) is 11.2. The van der Waals surface area contributed by atoms with Crippen molar-refractivity contribution in [1.29, 1.82) is 0 Å². The van der Waals surface area contributed by atoms with Crippen LogP contribution in [0.15, 0.2) is 41.8 Å². The maximum absolute atomic E-state index is 12.3. The van der Waals surface area contributed by atoms with Gasteiger partial charge in [0.25, 0.3) is 5.91 Å². The van der Waals surface area contributed by atoms with Crippen LogP contribution >= 0.6 is 23.6 Å². The average Bonchev–Trinajstić information content (AvgIpc) is 2.97. The van der Waals surface area contributed by atoms with Gasteiger partial charge in [-0.1, -0.05) is 30.4 Å². The SMILES string of the molecule is CN(CCc1cccs1)C(=O)c1ccc(C(N)=S)cc1. The number of likely N-dealkylation sites (N-methyl/N-ethyl adjacent to an activating group) is 1. The minimum Gasteiger partial charge on any atom is -0.389 e. The van der Waals surface area contributed by atoms with Crippen LogP contribution in [0, 0.1) is 0 Å². The number of carbonyl (C=O) groups excluding carboxylic acids is 1. The molecular formula is C15H16N2OS2. The van der Waals surface area contributed by atoms with Crippen LogP contribution in [0.2, 0.25) is 0 Å². The Morgan fingerprint density at radius 2 is 1.90 bits per heavy atom. The lowest BCUT2D eigenvalue weighted by Gasteiger charge is -2.17.